The van der Waals surface area contributed by atoms with Crippen molar-refractivity contribution < 1.29 is 0 Å². The van der Waals surface area contributed by atoms with E-state index in [1.807, 2.05) is 0 Å². The van der Waals surface area contributed by atoms with E-state index in [4.69, 9.17) is 0 Å². The first-order valence-electron chi connectivity index (χ1n) is 7.64. The first kappa shape index (κ1) is 16.2. The number of nitrogens with one attached hydrogen (secondary N) is 1. The van der Waals surface area contributed by atoms with Gasteiger partial charge in [-0.1, -0.05) is 45.0 Å². The lowest BCUT2D eigenvalue weighted by atomic mass is 9.88. The van der Waals surface area contributed by atoms with Crippen molar-refractivity contribution in [1.82, 2.24) is 5.32 Å². The predicted molar refractivity (Wildman–Crippen MR) is 85.6 cm³/mol. The van der Waals surface area contributed by atoms with Gasteiger partial charge in [0, 0.05) is 5.54 Å². The normalized spacial score (nSPS) is 13.8. The van der Waals surface area contributed by atoms with E-state index in [0.717, 1.165) is 13.0 Å². The summed E-state index contributed by atoms with van der Waals surface area (Å²) in [5.41, 5.74) is 3.10. The van der Waals surface area contributed by atoms with Gasteiger partial charge in [-0.15, -0.1) is 0 Å². The molecule has 0 amide bonds. The molecule has 0 heterocycles. The van der Waals surface area contributed by atoms with Gasteiger partial charge in [-0.2, -0.15) is 0 Å². The standard InChI is InChI=1S/C18H31N/c1-7-15-8-10-16(11-9-15)12-17(14(2)3)13-19-18(4,5)6/h8-11,14,17,19H,7,12-13H2,1-6H3. The fourth-order valence-electron chi connectivity index (χ4n) is 2.19. The van der Waals surface area contributed by atoms with Crippen LogP contribution in [-0.4, -0.2) is 12.1 Å². The smallest absolute Gasteiger partial charge is 0.00966 e. The van der Waals surface area contributed by atoms with Gasteiger partial charge < -0.3 is 5.32 Å². The Bertz CT molecular complexity index is 356. The highest BCUT2D eigenvalue weighted by molar-refractivity contribution is 5.22. The van der Waals surface area contributed by atoms with Crippen LogP contribution >= 0.6 is 0 Å². The van der Waals surface area contributed by atoms with Gasteiger partial charge in [0.15, 0.2) is 0 Å². The Labute approximate surface area is 119 Å². The van der Waals surface area contributed by atoms with Gasteiger partial charge in [-0.3, -0.25) is 0 Å². The topological polar surface area (TPSA) is 12.0 Å². The maximum absolute atomic E-state index is 3.65. The fraction of sp³-hybridized carbons (Fsp3) is 0.667. The van der Waals surface area contributed by atoms with Gasteiger partial charge in [0.1, 0.15) is 0 Å². The molecule has 1 aromatic carbocycles. The summed E-state index contributed by atoms with van der Waals surface area (Å²) in [6.45, 7) is 14.7. The van der Waals surface area contributed by atoms with Crippen molar-refractivity contribution in [1.29, 1.82) is 0 Å². The number of hydrogen-bond donors (Lipinski definition) is 1. The second kappa shape index (κ2) is 7.09. The van der Waals surface area contributed by atoms with Gasteiger partial charge in [0.25, 0.3) is 0 Å². The molecule has 0 aromatic heterocycles. The van der Waals surface area contributed by atoms with Crippen LogP contribution < -0.4 is 5.32 Å². The molecule has 0 bridgehead atoms. The zero-order chi connectivity index (χ0) is 14.5. The van der Waals surface area contributed by atoms with Crippen molar-refractivity contribution in [3.63, 3.8) is 0 Å². The molecule has 1 unspecified atom stereocenters. The first-order valence-corrected chi connectivity index (χ1v) is 7.64. The van der Waals surface area contributed by atoms with Crippen molar-refractivity contribution >= 4 is 0 Å². The van der Waals surface area contributed by atoms with Gasteiger partial charge in [0.2, 0.25) is 0 Å². The Morgan fingerprint density at radius 1 is 1.00 bits per heavy atom. The van der Waals surface area contributed by atoms with Crippen molar-refractivity contribution in [3.05, 3.63) is 35.4 Å². The highest BCUT2D eigenvalue weighted by Gasteiger charge is 2.17. The molecule has 108 valence electrons. The van der Waals surface area contributed by atoms with Crippen LogP contribution in [0.5, 0.6) is 0 Å². The number of aryl methyl sites for hydroxylation is 1. The van der Waals surface area contributed by atoms with Crippen LogP contribution in [0.1, 0.15) is 52.7 Å². The minimum atomic E-state index is 0.208. The lowest BCUT2D eigenvalue weighted by molar-refractivity contribution is 0.312. The molecule has 0 aliphatic rings. The third-order valence-electron chi connectivity index (χ3n) is 3.77. The lowest BCUT2D eigenvalue weighted by Crippen LogP contribution is -2.40. The van der Waals surface area contributed by atoms with Crippen LogP contribution in [-0.2, 0) is 12.8 Å². The molecule has 1 nitrogen and oxygen atoms in total. The molecular weight excluding hydrogens is 230 g/mol. The summed E-state index contributed by atoms with van der Waals surface area (Å²) in [7, 11) is 0. The summed E-state index contributed by atoms with van der Waals surface area (Å²) in [5.74, 6) is 1.41. The quantitative estimate of drug-likeness (QED) is 0.797. The van der Waals surface area contributed by atoms with Crippen molar-refractivity contribution in [3.8, 4) is 0 Å². The predicted octanol–water partition coefficient (Wildman–Crippen LogP) is 4.45. The molecule has 0 saturated heterocycles. The van der Waals surface area contributed by atoms with Crippen molar-refractivity contribution in [2.75, 3.05) is 6.54 Å². The summed E-state index contributed by atoms with van der Waals surface area (Å²) in [5, 5.41) is 3.65. The molecule has 1 heteroatoms. The first-order chi connectivity index (χ1) is 8.81. The Kier molecular flexibility index (Phi) is 6.06. The number of benzene rings is 1. The van der Waals surface area contributed by atoms with Crippen LogP contribution in [0.15, 0.2) is 24.3 Å². The maximum atomic E-state index is 3.65. The Balaban J connectivity index is 2.62. The highest BCUT2D eigenvalue weighted by Crippen LogP contribution is 2.18. The SMILES string of the molecule is CCc1ccc(CC(CNC(C)(C)C)C(C)C)cc1. The minimum absolute atomic E-state index is 0.208. The van der Waals surface area contributed by atoms with E-state index in [0.29, 0.717) is 11.8 Å². The highest BCUT2D eigenvalue weighted by atomic mass is 14.9. The summed E-state index contributed by atoms with van der Waals surface area (Å²) in [4.78, 5) is 0. The second-order valence-corrected chi connectivity index (χ2v) is 7.01. The Hall–Kier alpha value is -0.820. The summed E-state index contributed by atoms with van der Waals surface area (Å²) in [6.07, 6.45) is 2.30. The number of rotatable bonds is 6. The van der Waals surface area contributed by atoms with Gasteiger partial charge in [-0.25, -0.2) is 0 Å². The zero-order valence-electron chi connectivity index (χ0n) is 13.6. The fourth-order valence-corrected chi connectivity index (χ4v) is 2.19. The molecule has 0 fully saturated rings. The lowest BCUT2D eigenvalue weighted by Gasteiger charge is -2.27. The van der Waals surface area contributed by atoms with E-state index >= 15 is 0 Å². The Morgan fingerprint density at radius 3 is 1.95 bits per heavy atom. The minimum Gasteiger partial charge on any atom is -0.312 e. The molecular formula is C18H31N. The average Bonchev–Trinajstić information content (AvgIpc) is 2.33. The van der Waals surface area contributed by atoms with Crippen molar-refractivity contribution in [2.45, 2.75) is 59.9 Å². The molecule has 0 aliphatic carbocycles. The molecule has 1 atom stereocenters. The summed E-state index contributed by atoms with van der Waals surface area (Å²) < 4.78 is 0. The largest absolute Gasteiger partial charge is 0.312 e. The van der Waals surface area contributed by atoms with E-state index in [-0.39, 0.29) is 5.54 Å². The van der Waals surface area contributed by atoms with Gasteiger partial charge in [0.05, 0.1) is 0 Å². The van der Waals surface area contributed by atoms with E-state index in [1.165, 1.54) is 17.5 Å². The van der Waals surface area contributed by atoms with Gasteiger partial charge in [-0.05, 0) is 63.1 Å². The molecule has 1 aromatic rings. The third-order valence-corrected chi connectivity index (χ3v) is 3.77. The van der Waals surface area contributed by atoms with E-state index in [9.17, 15) is 0 Å². The van der Waals surface area contributed by atoms with Gasteiger partial charge >= 0.3 is 0 Å². The van der Waals surface area contributed by atoms with Crippen LogP contribution in [0.2, 0.25) is 0 Å². The monoisotopic (exact) mass is 261 g/mol. The van der Waals surface area contributed by atoms with E-state index in [1.54, 1.807) is 0 Å². The maximum Gasteiger partial charge on any atom is 0.00966 e. The third kappa shape index (κ3) is 6.24. The van der Waals surface area contributed by atoms with Crippen molar-refractivity contribution in [2.24, 2.45) is 11.8 Å². The molecule has 1 rings (SSSR count). The molecule has 0 spiro atoms. The Morgan fingerprint density at radius 2 is 1.53 bits per heavy atom. The van der Waals surface area contributed by atoms with Crippen LogP contribution in [0.3, 0.4) is 0 Å². The van der Waals surface area contributed by atoms with E-state index < -0.39 is 0 Å². The molecule has 0 radical (unpaired) electrons. The molecule has 0 aliphatic heterocycles. The summed E-state index contributed by atoms with van der Waals surface area (Å²) >= 11 is 0. The summed E-state index contributed by atoms with van der Waals surface area (Å²) in [6, 6.07) is 9.13. The zero-order valence-corrected chi connectivity index (χ0v) is 13.6. The molecule has 19 heavy (non-hydrogen) atoms. The molecule has 0 saturated carbocycles. The molecule has 1 N–H and O–H groups in total. The number of hydrogen-bond acceptors (Lipinski definition) is 1. The van der Waals surface area contributed by atoms with Crippen LogP contribution in [0.25, 0.3) is 0 Å². The second-order valence-electron chi connectivity index (χ2n) is 7.01. The van der Waals surface area contributed by atoms with Crippen LogP contribution in [0.4, 0.5) is 0 Å². The van der Waals surface area contributed by atoms with E-state index in [2.05, 4.69) is 71.1 Å². The average molecular weight is 261 g/mol. The van der Waals surface area contributed by atoms with Crippen LogP contribution in [0, 0.1) is 11.8 Å².